The van der Waals surface area contributed by atoms with Crippen LogP contribution in [0.1, 0.15) is 29.2 Å². The molecule has 0 unspecified atom stereocenters. The Morgan fingerprint density at radius 1 is 0.639 bits per heavy atom. The first-order valence-corrected chi connectivity index (χ1v) is 21.4. The summed E-state index contributed by atoms with van der Waals surface area (Å²) in [6.45, 7) is 1.15. The number of nitrogens with two attached hydrogens (primary N) is 1. The number of rotatable bonds is 22. The number of hydrogen-bond donors (Lipinski definition) is 4. The molecule has 5 N–H and O–H groups in total. The van der Waals surface area contributed by atoms with Crippen LogP contribution in [0.15, 0.2) is 121 Å². The molecule has 61 heavy (non-hydrogen) atoms. The van der Waals surface area contributed by atoms with Gasteiger partial charge < -0.3 is 54.1 Å². The van der Waals surface area contributed by atoms with Crippen LogP contribution in [0, 0.1) is 0 Å². The Kier molecular flexibility index (Phi) is 17.7. The maximum absolute atomic E-state index is 12.8. The third-order valence-electron chi connectivity index (χ3n) is 9.96. The highest BCUT2D eigenvalue weighted by atomic mass is 32.3. The Balaban J connectivity index is 1.37. The SMILES string of the molecule is CC(=O)N[C@H]1[C@H](O[C@H]2[C@H](OCc3ccccc3)[C@@H](OCc3ccccc3)[C@H](OCCN)O[C@@H]2COCc2ccccc2)O[C@H](COS(=O)(=O)O)[C@@H](OCc2ccccc2)[C@@H]1O. The molecule has 0 aliphatic carbocycles. The van der Waals surface area contributed by atoms with Gasteiger partial charge in [-0.3, -0.25) is 9.35 Å². The molecular weight excluding hydrogens is 813 g/mol. The van der Waals surface area contributed by atoms with E-state index in [1.807, 2.05) is 97.1 Å². The van der Waals surface area contributed by atoms with Crippen LogP contribution in [0.2, 0.25) is 0 Å². The molecule has 6 rings (SSSR count). The minimum atomic E-state index is -4.97. The summed E-state index contributed by atoms with van der Waals surface area (Å²) in [5, 5.41) is 14.7. The number of ether oxygens (including phenoxy) is 8. The fourth-order valence-corrected chi connectivity index (χ4v) is 7.41. The zero-order valence-corrected chi connectivity index (χ0v) is 34.6. The molecule has 2 heterocycles. The summed E-state index contributed by atoms with van der Waals surface area (Å²) >= 11 is 0. The first kappa shape index (κ1) is 46.3. The van der Waals surface area contributed by atoms with Crippen molar-refractivity contribution >= 4 is 16.3 Å². The molecule has 330 valence electrons. The van der Waals surface area contributed by atoms with Gasteiger partial charge in [0.15, 0.2) is 12.6 Å². The highest BCUT2D eigenvalue weighted by Crippen LogP contribution is 2.35. The molecule has 1 amide bonds. The Morgan fingerprint density at radius 3 is 1.59 bits per heavy atom. The van der Waals surface area contributed by atoms with Crippen LogP contribution in [0.5, 0.6) is 0 Å². The molecule has 2 aliphatic rings. The lowest BCUT2D eigenvalue weighted by Crippen LogP contribution is -2.68. The fourth-order valence-electron chi connectivity index (χ4n) is 7.10. The quantitative estimate of drug-likeness (QED) is 0.0834. The largest absolute Gasteiger partial charge is 0.397 e. The van der Waals surface area contributed by atoms with E-state index < -0.39 is 84.3 Å². The Labute approximate surface area is 356 Å². The molecule has 16 nitrogen and oxygen atoms in total. The van der Waals surface area contributed by atoms with E-state index in [-0.39, 0.29) is 46.2 Å². The van der Waals surface area contributed by atoms with E-state index in [9.17, 15) is 22.9 Å². The number of carbonyl (C=O) groups is 1. The first-order chi connectivity index (χ1) is 29.6. The zero-order chi connectivity index (χ0) is 43.0. The molecule has 2 fully saturated rings. The average Bonchev–Trinajstić information content (AvgIpc) is 3.26. The molecule has 4 aromatic rings. The van der Waals surface area contributed by atoms with Gasteiger partial charge in [0.25, 0.3) is 0 Å². The summed E-state index contributed by atoms with van der Waals surface area (Å²) in [5.41, 5.74) is 9.25. The molecule has 2 aliphatic heterocycles. The van der Waals surface area contributed by atoms with Gasteiger partial charge in [-0.15, -0.1) is 0 Å². The summed E-state index contributed by atoms with van der Waals surface area (Å²) in [6.07, 6.45) is -10.8. The van der Waals surface area contributed by atoms with Gasteiger partial charge >= 0.3 is 10.4 Å². The summed E-state index contributed by atoms with van der Waals surface area (Å²) < 4.78 is 89.8. The van der Waals surface area contributed by atoms with E-state index in [4.69, 9.17) is 47.8 Å². The van der Waals surface area contributed by atoms with Gasteiger partial charge in [0.05, 0.1) is 46.2 Å². The lowest BCUT2D eigenvalue weighted by Gasteiger charge is -2.49. The van der Waals surface area contributed by atoms with Crippen LogP contribution in [-0.2, 0) is 83.7 Å². The van der Waals surface area contributed by atoms with Crippen molar-refractivity contribution in [1.29, 1.82) is 0 Å². The van der Waals surface area contributed by atoms with Crippen molar-refractivity contribution in [2.75, 3.05) is 26.4 Å². The molecular formula is C44H54N2O14S. The van der Waals surface area contributed by atoms with Gasteiger partial charge in [0, 0.05) is 13.5 Å². The minimum Gasteiger partial charge on any atom is -0.388 e. The fraction of sp³-hybridized carbons (Fsp3) is 0.432. The molecule has 0 spiro atoms. The normalized spacial score (nSPS) is 26.8. The predicted molar refractivity (Wildman–Crippen MR) is 219 cm³/mol. The topological polar surface area (TPSA) is 213 Å². The maximum atomic E-state index is 12.8. The van der Waals surface area contributed by atoms with E-state index >= 15 is 0 Å². The molecule has 10 atom stereocenters. The summed E-state index contributed by atoms with van der Waals surface area (Å²) in [6, 6.07) is 36.2. The number of hydrogen-bond acceptors (Lipinski definition) is 14. The number of aliphatic hydroxyl groups excluding tert-OH is 1. The predicted octanol–water partition coefficient (Wildman–Crippen LogP) is 3.45. The van der Waals surface area contributed by atoms with Crippen LogP contribution in [0.3, 0.4) is 0 Å². The second-order valence-corrected chi connectivity index (χ2v) is 15.7. The Bertz CT molecular complexity index is 1990. The van der Waals surface area contributed by atoms with E-state index in [1.54, 1.807) is 24.3 Å². The van der Waals surface area contributed by atoms with Gasteiger partial charge in [0.1, 0.15) is 48.8 Å². The van der Waals surface area contributed by atoms with E-state index in [0.29, 0.717) is 0 Å². The highest BCUT2D eigenvalue weighted by molar-refractivity contribution is 7.80. The third kappa shape index (κ3) is 14.2. The maximum Gasteiger partial charge on any atom is 0.397 e. The Morgan fingerprint density at radius 2 is 1.10 bits per heavy atom. The van der Waals surface area contributed by atoms with E-state index in [2.05, 4.69) is 5.32 Å². The molecule has 0 bridgehead atoms. The van der Waals surface area contributed by atoms with Crippen molar-refractivity contribution in [3.8, 4) is 0 Å². The number of nitrogens with one attached hydrogen (secondary N) is 1. The van der Waals surface area contributed by atoms with Gasteiger partial charge in [-0.05, 0) is 22.3 Å². The van der Waals surface area contributed by atoms with Crippen molar-refractivity contribution < 1.29 is 64.9 Å². The first-order valence-electron chi connectivity index (χ1n) is 20.0. The van der Waals surface area contributed by atoms with Crippen LogP contribution in [0.4, 0.5) is 0 Å². The lowest BCUT2D eigenvalue weighted by atomic mass is 9.95. The average molecular weight is 867 g/mol. The van der Waals surface area contributed by atoms with Gasteiger partial charge in [-0.25, -0.2) is 4.18 Å². The van der Waals surface area contributed by atoms with Crippen LogP contribution in [-0.4, -0.2) is 112 Å². The molecule has 17 heteroatoms. The zero-order valence-electron chi connectivity index (χ0n) is 33.8. The second kappa shape index (κ2) is 23.3. The Hall–Kier alpha value is -4.18. The lowest BCUT2D eigenvalue weighted by molar-refractivity contribution is -0.359. The standard InChI is InChI=1S/C44H54N2O14S/c1-30(47)46-37-38(48)39(54-25-32-16-8-3-9-17-32)36(29-57-61(49,50)51)58-43(37)60-40-35(28-52-24-31-14-6-2-7-15-31)59-44(53-23-22-45)42(56-27-34-20-12-5-13-21-34)41(40)55-26-33-18-10-4-11-19-33/h2-21,35-44,48H,22-29,45H2,1H3,(H,46,47)(H,49,50,51)/t35-,36-,37-,38-,39-,40-,41+,42-,43+,44-/m1/s1. The van der Waals surface area contributed by atoms with Gasteiger partial charge in [0.2, 0.25) is 5.91 Å². The third-order valence-corrected chi connectivity index (χ3v) is 10.4. The number of amides is 1. The number of carbonyl (C=O) groups excluding carboxylic acids is 1. The molecule has 4 aromatic carbocycles. The molecule has 0 saturated carbocycles. The molecule has 0 radical (unpaired) electrons. The van der Waals surface area contributed by atoms with Crippen molar-refractivity contribution in [2.45, 2.75) is 94.7 Å². The minimum absolute atomic E-state index is 0.0239. The van der Waals surface area contributed by atoms with Crippen molar-refractivity contribution in [3.63, 3.8) is 0 Å². The van der Waals surface area contributed by atoms with E-state index in [0.717, 1.165) is 22.3 Å². The van der Waals surface area contributed by atoms with Gasteiger partial charge in [-0.1, -0.05) is 121 Å². The van der Waals surface area contributed by atoms with Crippen molar-refractivity contribution in [1.82, 2.24) is 5.32 Å². The van der Waals surface area contributed by atoms with Crippen LogP contribution in [0.25, 0.3) is 0 Å². The number of aliphatic hydroxyl groups is 1. The summed E-state index contributed by atoms with van der Waals surface area (Å²) in [7, 11) is -4.97. The summed E-state index contributed by atoms with van der Waals surface area (Å²) in [4.78, 5) is 12.8. The van der Waals surface area contributed by atoms with Crippen molar-refractivity contribution in [3.05, 3.63) is 144 Å². The monoisotopic (exact) mass is 866 g/mol. The molecule has 2 saturated heterocycles. The van der Waals surface area contributed by atoms with Crippen LogP contribution < -0.4 is 11.1 Å². The van der Waals surface area contributed by atoms with Crippen LogP contribution >= 0.6 is 0 Å². The summed E-state index contributed by atoms with van der Waals surface area (Å²) in [5.74, 6) is -0.533. The molecule has 0 aromatic heterocycles. The highest BCUT2D eigenvalue weighted by Gasteiger charge is 2.54. The second-order valence-electron chi connectivity index (χ2n) is 14.6. The van der Waals surface area contributed by atoms with Crippen molar-refractivity contribution in [2.24, 2.45) is 5.73 Å². The van der Waals surface area contributed by atoms with E-state index in [1.165, 1.54) is 6.92 Å². The van der Waals surface area contributed by atoms with Gasteiger partial charge in [-0.2, -0.15) is 8.42 Å². The number of benzene rings is 4. The smallest absolute Gasteiger partial charge is 0.388 e.